The van der Waals surface area contributed by atoms with Gasteiger partial charge in [0.2, 0.25) is 0 Å². The van der Waals surface area contributed by atoms with Crippen molar-refractivity contribution in [2.45, 2.75) is 6.04 Å². The zero-order valence-electron chi connectivity index (χ0n) is 14.9. The van der Waals surface area contributed by atoms with Crippen molar-refractivity contribution >= 4 is 34.7 Å². The largest absolute Gasteiger partial charge is 0.508 e. The van der Waals surface area contributed by atoms with Gasteiger partial charge in [0.15, 0.2) is 0 Å². The number of anilines is 1. The van der Waals surface area contributed by atoms with E-state index in [4.69, 9.17) is 11.6 Å². The van der Waals surface area contributed by atoms with Gasteiger partial charge in [0.25, 0.3) is 0 Å². The van der Waals surface area contributed by atoms with Crippen LogP contribution in [0, 0.1) is 0 Å². The smallest absolute Gasteiger partial charge is 0.147 e. The Balaban J connectivity index is 1.91. The number of allylic oxidation sites excluding steroid dienone is 2. The van der Waals surface area contributed by atoms with Crippen molar-refractivity contribution in [2.24, 2.45) is 0 Å². The summed E-state index contributed by atoms with van der Waals surface area (Å²) in [6, 6.07) is 19.3. The Morgan fingerprint density at radius 1 is 1.04 bits per heavy atom. The van der Waals surface area contributed by atoms with Gasteiger partial charge in [-0.1, -0.05) is 41.9 Å². The predicted octanol–water partition coefficient (Wildman–Crippen LogP) is 4.95. The number of carbonyl (C=O) groups is 1. The number of nitrogens with zero attached hydrogens (tertiary/aromatic N) is 2. The standard InChI is InChI=1S/C23H17ClN2O2/c24-21-9-2-1-8-19(21)20-12-16(22-10-3-4-11-25-22)14-26(23(20)15-27)17-6-5-7-18(28)13-17/h1-15,23,28H. The van der Waals surface area contributed by atoms with Crippen LogP contribution < -0.4 is 4.90 Å². The van der Waals surface area contributed by atoms with Crippen LogP contribution in [0.5, 0.6) is 5.75 Å². The summed E-state index contributed by atoms with van der Waals surface area (Å²) in [5.74, 6) is 0.129. The molecule has 4 nitrogen and oxygen atoms in total. The highest BCUT2D eigenvalue weighted by atomic mass is 35.5. The molecule has 28 heavy (non-hydrogen) atoms. The summed E-state index contributed by atoms with van der Waals surface area (Å²) in [6.07, 6.45) is 6.42. The Kier molecular flexibility index (Phi) is 4.96. The number of pyridine rings is 1. The Morgan fingerprint density at radius 3 is 2.57 bits per heavy atom. The van der Waals surface area contributed by atoms with E-state index in [2.05, 4.69) is 4.98 Å². The van der Waals surface area contributed by atoms with Gasteiger partial charge in [-0.25, -0.2) is 0 Å². The third-order valence-corrected chi connectivity index (χ3v) is 4.94. The first-order valence-electron chi connectivity index (χ1n) is 8.80. The molecule has 138 valence electrons. The van der Waals surface area contributed by atoms with E-state index in [-0.39, 0.29) is 5.75 Å². The number of carbonyl (C=O) groups excluding carboxylic acids is 1. The molecular formula is C23H17ClN2O2. The minimum Gasteiger partial charge on any atom is -0.508 e. The Bertz CT molecular complexity index is 1080. The number of aromatic hydroxyl groups is 1. The Labute approximate surface area is 168 Å². The van der Waals surface area contributed by atoms with Crippen LogP contribution in [0.2, 0.25) is 5.02 Å². The van der Waals surface area contributed by atoms with Crippen molar-refractivity contribution < 1.29 is 9.90 Å². The fourth-order valence-electron chi connectivity index (χ4n) is 3.30. The quantitative estimate of drug-likeness (QED) is 0.642. The SMILES string of the molecule is O=CC1C(c2ccccc2Cl)=CC(c2ccccn2)=CN1c1cccc(O)c1. The average Bonchev–Trinajstić information content (AvgIpc) is 2.74. The van der Waals surface area contributed by atoms with Gasteiger partial charge in [-0.2, -0.15) is 0 Å². The van der Waals surface area contributed by atoms with Crippen molar-refractivity contribution in [3.63, 3.8) is 0 Å². The lowest BCUT2D eigenvalue weighted by atomic mass is 9.91. The zero-order valence-corrected chi connectivity index (χ0v) is 15.6. The fourth-order valence-corrected chi connectivity index (χ4v) is 3.55. The van der Waals surface area contributed by atoms with E-state index in [0.717, 1.165) is 28.7 Å². The second kappa shape index (κ2) is 7.71. The van der Waals surface area contributed by atoms with E-state index < -0.39 is 6.04 Å². The van der Waals surface area contributed by atoms with Gasteiger partial charge in [-0.05, 0) is 47.5 Å². The first kappa shape index (κ1) is 18.0. The summed E-state index contributed by atoms with van der Waals surface area (Å²) in [5, 5.41) is 10.5. The number of halogens is 1. The van der Waals surface area contributed by atoms with Gasteiger partial charge in [0.05, 0.1) is 5.69 Å². The highest BCUT2D eigenvalue weighted by Crippen LogP contribution is 2.37. The molecule has 0 saturated heterocycles. The van der Waals surface area contributed by atoms with Crippen molar-refractivity contribution in [2.75, 3.05) is 4.90 Å². The van der Waals surface area contributed by atoms with Crippen LogP contribution in [-0.2, 0) is 4.79 Å². The summed E-state index contributed by atoms with van der Waals surface area (Å²) < 4.78 is 0. The molecule has 2 heterocycles. The van der Waals surface area contributed by atoms with Gasteiger partial charge in [-0.15, -0.1) is 0 Å². The molecule has 0 fully saturated rings. The number of aromatic nitrogens is 1. The molecular weight excluding hydrogens is 372 g/mol. The van der Waals surface area contributed by atoms with Gasteiger partial charge >= 0.3 is 0 Å². The molecule has 3 aromatic rings. The number of hydrogen-bond acceptors (Lipinski definition) is 4. The number of phenolic OH excluding ortho intramolecular Hbond substituents is 1. The molecule has 1 aliphatic rings. The van der Waals surface area contributed by atoms with Crippen LogP contribution in [0.25, 0.3) is 11.1 Å². The molecule has 5 heteroatoms. The van der Waals surface area contributed by atoms with Crippen LogP contribution in [0.4, 0.5) is 5.69 Å². The van der Waals surface area contributed by atoms with Gasteiger partial charge in [0, 0.05) is 34.7 Å². The monoisotopic (exact) mass is 388 g/mol. The van der Waals surface area contributed by atoms with Crippen LogP contribution in [0.15, 0.2) is 85.2 Å². The van der Waals surface area contributed by atoms with Crippen LogP contribution in [0.1, 0.15) is 11.3 Å². The molecule has 1 atom stereocenters. The van der Waals surface area contributed by atoms with Gasteiger partial charge in [-0.3, -0.25) is 4.98 Å². The normalized spacial score (nSPS) is 16.3. The molecule has 0 bridgehead atoms. The molecule has 0 aliphatic carbocycles. The highest BCUT2D eigenvalue weighted by Gasteiger charge is 2.28. The lowest BCUT2D eigenvalue weighted by Gasteiger charge is -2.33. The summed E-state index contributed by atoms with van der Waals surface area (Å²) in [4.78, 5) is 18.4. The molecule has 0 saturated carbocycles. The summed E-state index contributed by atoms with van der Waals surface area (Å²) >= 11 is 6.44. The van der Waals surface area contributed by atoms with E-state index >= 15 is 0 Å². The van der Waals surface area contributed by atoms with Crippen molar-refractivity contribution in [1.29, 1.82) is 0 Å². The van der Waals surface area contributed by atoms with E-state index in [9.17, 15) is 9.90 Å². The minimum atomic E-state index is -0.589. The fraction of sp³-hybridized carbons (Fsp3) is 0.0435. The zero-order chi connectivity index (χ0) is 19.5. The number of hydrogen-bond donors (Lipinski definition) is 1. The summed E-state index contributed by atoms with van der Waals surface area (Å²) in [6.45, 7) is 0. The number of aldehydes is 1. The second-order valence-corrected chi connectivity index (χ2v) is 6.79. The maximum atomic E-state index is 12.1. The number of phenols is 1. The minimum absolute atomic E-state index is 0.129. The summed E-state index contributed by atoms with van der Waals surface area (Å²) in [5.41, 5.74) is 3.88. The highest BCUT2D eigenvalue weighted by molar-refractivity contribution is 6.32. The third kappa shape index (κ3) is 3.42. The summed E-state index contributed by atoms with van der Waals surface area (Å²) in [7, 11) is 0. The molecule has 1 N–H and O–H groups in total. The van der Waals surface area contributed by atoms with E-state index in [0.29, 0.717) is 10.7 Å². The van der Waals surface area contributed by atoms with Crippen molar-refractivity contribution in [3.8, 4) is 5.75 Å². The number of benzene rings is 2. The molecule has 1 aromatic heterocycles. The molecule has 0 spiro atoms. The Morgan fingerprint density at radius 2 is 1.86 bits per heavy atom. The van der Waals surface area contributed by atoms with Crippen LogP contribution in [-0.4, -0.2) is 22.4 Å². The van der Waals surface area contributed by atoms with E-state index in [1.165, 1.54) is 0 Å². The molecule has 1 unspecified atom stereocenters. The first-order chi connectivity index (χ1) is 13.7. The maximum Gasteiger partial charge on any atom is 0.147 e. The topological polar surface area (TPSA) is 53.4 Å². The predicted molar refractivity (Wildman–Crippen MR) is 112 cm³/mol. The van der Waals surface area contributed by atoms with Crippen molar-refractivity contribution in [1.82, 2.24) is 4.98 Å². The van der Waals surface area contributed by atoms with E-state index in [1.54, 1.807) is 30.5 Å². The van der Waals surface area contributed by atoms with E-state index in [1.807, 2.05) is 59.6 Å². The van der Waals surface area contributed by atoms with Gasteiger partial charge in [0.1, 0.15) is 18.1 Å². The first-order valence-corrected chi connectivity index (χ1v) is 9.17. The van der Waals surface area contributed by atoms with Crippen LogP contribution in [0.3, 0.4) is 0 Å². The molecule has 4 rings (SSSR count). The third-order valence-electron chi connectivity index (χ3n) is 4.61. The average molecular weight is 389 g/mol. The molecule has 0 radical (unpaired) electrons. The lowest BCUT2D eigenvalue weighted by Crippen LogP contribution is -2.35. The molecule has 0 amide bonds. The molecule has 2 aromatic carbocycles. The molecule has 1 aliphatic heterocycles. The van der Waals surface area contributed by atoms with Crippen molar-refractivity contribution in [3.05, 3.63) is 101 Å². The lowest BCUT2D eigenvalue weighted by molar-refractivity contribution is -0.107. The van der Waals surface area contributed by atoms with Crippen LogP contribution >= 0.6 is 11.6 Å². The van der Waals surface area contributed by atoms with Gasteiger partial charge < -0.3 is 14.8 Å². The second-order valence-electron chi connectivity index (χ2n) is 6.39. The number of rotatable bonds is 4. The maximum absolute atomic E-state index is 12.1. The Hall–Kier alpha value is -3.37.